The van der Waals surface area contributed by atoms with Crippen LogP contribution in [0.15, 0.2) is 87.8 Å². The van der Waals surface area contributed by atoms with E-state index in [9.17, 15) is 36.5 Å². The lowest BCUT2D eigenvalue weighted by Crippen LogP contribution is -2.52. The number of halogens is 1. The van der Waals surface area contributed by atoms with Crippen molar-refractivity contribution >= 4 is 31.6 Å². The summed E-state index contributed by atoms with van der Waals surface area (Å²) in [5.74, 6) is 0. The van der Waals surface area contributed by atoms with Crippen LogP contribution >= 0.6 is 0 Å². The molecule has 0 N–H and O–H groups in total. The van der Waals surface area contributed by atoms with Crippen molar-refractivity contribution in [2.24, 2.45) is 0 Å². The SMILES string of the molecule is CC1=C(C#N)[C@@H](c2ccc(C#N)cc2S(C)(=O)=O)N(S(=O)(=O)c2ccc(C(C)(C)C)cc2)C(=O)N1c1cccc(CF)c1. The Morgan fingerprint density at radius 2 is 1.58 bits per heavy atom. The molecule has 0 saturated heterocycles. The molecule has 0 unspecified atom stereocenters. The standard InChI is InChI=1S/C31H29FN4O5S2/c1-20-27(19-34)29(26-14-9-22(18-33)16-28(26)42(5,38)39)36(30(37)35(20)24-8-6-7-21(15-24)17-32)43(40,41)25-12-10-23(11-13-25)31(2,3)4/h6-16,29H,17H2,1-5H3/t29-/m1/s1. The monoisotopic (exact) mass is 620 g/mol. The maximum Gasteiger partial charge on any atom is 0.343 e. The number of nitrogens with zero attached hydrogens (tertiary/aromatic N) is 4. The average molecular weight is 621 g/mol. The van der Waals surface area contributed by atoms with Gasteiger partial charge in [0, 0.05) is 12.0 Å². The Balaban J connectivity index is 2.08. The molecule has 3 aromatic rings. The van der Waals surface area contributed by atoms with Gasteiger partial charge < -0.3 is 0 Å². The van der Waals surface area contributed by atoms with Crippen molar-refractivity contribution in [1.82, 2.24) is 4.31 Å². The fraction of sp³-hybridized carbons (Fsp3) is 0.258. The molecule has 0 aromatic heterocycles. The third kappa shape index (κ3) is 5.76. The second-order valence-electron chi connectivity index (χ2n) is 11.1. The number of hydrogen-bond acceptors (Lipinski definition) is 7. The number of hydrogen-bond donors (Lipinski definition) is 0. The number of rotatable bonds is 6. The summed E-state index contributed by atoms with van der Waals surface area (Å²) in [5.41, 5.74) is 0.497. The highest BCUT2D eigenvalue weighted by Gasteiger charge is 2.48. The molecule has 1 heterocycles. The first-order valence-corrected chi connectivity index (χ1v) is 16.4. The second-order valence-corrected chi connectivity index (χ2v) is 14.9. The molecule has 2 amide bonds. The largest absolute Gasteiger partial charge is 0.343 e. The van der Waals surface area contributed by atoms with Crippen molar-refractivity contribution < 1.29 is 26.0 Å². The lowest BCUT2D eigenvalue weighted by atomic mass is 9.87. The van der Waals surface area contributed by atoms with E-state index in [1.165, 1.54) is 55.5 Å². The zero-order valence-corrected chi connectivity index (χ0v) is 25.8. The Kier molecular flexibility index (Phi) is 8.25. The van der Waals surface area contributed by atoms with Gasteiger partial charge in [0.1, 0.15) is 12.7 Å². The van der Waals surface area contributed by atoms with Crippen molar-refractivity contribution in [3.63, 3.8) is 0 Å². The van der Waals surface area contributed by atoms with Gasteiger partial charge in [-0.25, -0.2) is 30.3 Å². The molecule has 1 atom stereocenters. The van der Waals surface area contributed by atoms with E-state index in [0.29, 0.717) is 4.31 Å². The first-order valence-electron chi connectivity index (χ1n) is 13.0. The quantitative estimate of drug-likeness (QED) is 0.334. The number of nitriles is 2. The zero-order valence-electron chi connectivity index (χ0n) is 24.2. The molecular weight excluding hydrogens is 591 g/mol. The molecular formula is C31H29FN4O5S2. The van der Waals surface area contributed by atoms with Crippen LogP contribution in [0.2, 0.25) is 0 Å². The Labute approximate surface area is 251 Å². The lowest BCUT2D eigenvalue weighted by Gasteiger charge is -2.41. The molecule has 3 aromatic carbocycles. The molecule has 0 bridgehead atoms. The first kappa shape index (κ1) is 31.4. The van der Waals surface area contributed by atoms with Crippen molar-refractivity contribution in [1.29, 1.82) is 10.5 Å². The highest BCUT2D eigenvalue weighted by molar-refractivity contribution is 7.91. The minimum absolute atomic E-state index is 0.0117. The van der Waals surface area contributed by atoms with Crippen LogP contribution in [0.4, 0.5) is 14.9 Å². The zero-order chi connectivity index (χ0) is 31.9. The van der Waals surface area contributed by atoms with Crippen LogP contribution in [0, 0.1) is 22.7 Å². The van der Waals surface area contributed by atoms with Gasteiger partial charge in [-0.05, 0) is 65.4 Å². The molecule has 4 rings (SSSR count). The molecule has 0 saturated carbocycles. The fourth-order valence-corrected chi connectivity index (χ4v) is 7.37. The Bertz CT molecular complexity index is 1950. The number of urea groups is 1. The summed E-state index contributed by atoms with van der Waals surface area (Å²) in [7, 11) is -8.83. The number of alkyl halides is 1. The molecule has 0 radical (unpaired) electrons. The van der Waals surface area contributed by atoms with E-state index in [2.05, 4.69) is 0 Å². The molecule has 9 nitrogen and oxygen atoms in total. The van der Waals surface area contributed by atoms with Gasteiger partial charge in [0.2, 0.25) is 0 Å². The molecule has 1 aliphatic rings. The van der Waals surface area contributed by atoms with Crippen LogP contribution in [0.25, 0.3) is 0 Å². The maximum atomic E-state index is 14.4. The minimum atomic E-state index is -4.75. The molecule has 0 aliphatic carbocycles. The van der Waals surface area contributed by atoms with Gasteiger partial charge in [0.05, 0.1) is 38.8 Å². The molecule has 222 valence electrons. The van der Waals surface area contributed by atoms with Crippen molar-refractivity contribution in [2.75, 3.05) is 11.2 Å². The number of sulfonamides is 1. The summed E-state index contributed by atoms with van der Waals surface area (Å²) in [4.78, 5) is 14.7. The van der Waals surface area contributed by atoms with E-state index >= 15 is 0 Å². The molecule has 43 heavy (non-hydrogen) atoms. The number of amides is 2. The van der Waals surface area contributed by atoms with Gasteiger partial charge in [-0.1, -0.05) is 51.1 Å². The van der Waals surface area contributed by atoms with Crippen LogP contribution < -0.4 is 4.90 Å². The van der Waals surface area contributed by atoms with Gasteiger partial charge in [-0.2, -0.15) is 10.5 Å². The molecule has 1 aliphatic heterocycles. The Morgan fingerprint density at radius 1 is 0.930 bits per heavy atom. The van der Waals surface area contributed by atoms with Crippen molar-refractivity contribution in [3.8, 4) is 12.1 Å². The molecule has 0 spiro atoms. The predicted molar refractivity (Wildman–Crippen MR) is 159 cm³/mol. The van der Waals surface area contributed by atoms with Crippen LogP contribution in [0.1, 0.15) is 56.0 Å². The summed E-state index contributed by atoms with van der Waals surface area (Å²) in [6.45, 7) is 6.44. The minimum Gasteiger partial charge on any atom is -0.265 e. The summed E-state index contributed by atoms with van der Waals surface area (Å²) in [5, 5.41) is 19.8. The highest BCUT2D eigenvalue weighted by atomic mass is 32.2. The van der Waals surface area contributed by atoms with Gasteiger partial charge in [-0.15, -0.1) is 0 Å². The number of allylic oxidation sites excluding steroid dienone is 1. The van der Waals surface area contributed by atoms with Crippen LogP contribution in [-0.2, 0) is 32.0 Å². The van der Waals surface area contributed by atoms with Crippen molar-refractivity contribution in [3.05, 3.63) is 100 Å². The van der Waals surface area contributed by atoms with Crippen LogP contribution in [-0.4, -0.2) is 33.4 Å². The van der Waals surface area contributed by atoms with Gasteiger partial charge >= 0.3 is 6.03 Å². The van der Waals surface area contributed by atoms with E-state index in [-0.39, 0.29) is 44.0 Å². The summed E-state index contributed by atoms with van der Waals surface area (Å²) in [6.07, 6.45) is 0.888. The number of carbonyl (C=O) groups is 1. The smallest absolute Gasteiger partial charge is 0.265 e. The number of anilines is 1. The summed E-state index contributed by atoms with van der Waals surface area (Å²) >= 11 is 0. The van der Waals surface area contributed by atoms with E-state index in [1.54, 1.807) is 12.1 Å². The molecule has 12 heteroatoms. The second kappa shape index (κ2) is 11.3. The van der Waals surface area contributed by atoms with Gasteiger partial charge in [-0.3, -0.25) is 4.90 Å². The fourth-order valence-electron chi connectivity index (χ4n) is 4.93. The normalized spacial score (nSPS) is 16.2. The van der Waals surface area contributed by atoms with Crippen molar-refractivity contribution in [2.45, 2.75) is 55.6 Å². The summed E-state index contributed by atoms with van der Waals surface area (Å²) in [6, 6.07) is 16.4. The predicted octanol–water partition coefficient (Wildman–Crippen LogP) is 5.90. The Hall–Kier alpha value is -4.52. The average Bonchev–Trinajstić information content (AvgIpc) is 2.95. The Morgan fingerprint density at radius 3 is 2.12 bits per heavy atom. The summed E-state index contributed by atoms with van der Waals surface area (Å²) < 4.78 is 68.7. The lowest BCUT2D eigenvalue weighted by molar-refractivity contribution is 0.220. The van der Waals surface area contributed by atoms with Crippen LogP contribution in [0.5, 0.6) is 0 Å². The first-order chi connectivity index (χ1) is 20.1. The number of carbonyl (C=O) groups excluding carboxylic acids is 1. The topological polar surface area (TPSA) is 139 Å². The third-order valence-electron chi connectivity index (χ3n) is 7.17. The molecule has 0 fully saturated rings. The van der Waals surface area contributed by atoms with Gasteiger partial charge in [0.15, 0.2) is 9.84 Å². The highest BCUT2D eigenvalue weighted by Crippen LogP contribution is 2.44. The third-order valence-corrected chi connectivity index (χ3v) is 10.1. The van der Waals surface area contributed by atoms with Gasteiger partial charge in [0.25, 0.3) is 10.0 Å². The van der Waals surface area contributed by atoms with Crippen LogP contribution in [0.3, 0.4) is 0 Å². The van der Waals surface area contributed by atoms with E-state index in [1.807, 2.05) is 32.9 Å². The van der Waals surface area contributed by atoms with E-state index < -0.39 is 43.5 Å². The number of benzene rings is 3. The van der Waals surface area contributed by atoms with E-state index in [4.69, 9.17) is 0 Å². The number of sulfone groups is 1. The van der Waals surface area contributed by atoms with E-state index in [0.717, 1.165) is 22.8 Å². The maximum absolute atomic E-state index is 14.4.